The van der Waals surface area contributed by atoms with Crippen molar-refractivity contribution in [2.75, 3.05) is 0 Å². The minimum Gasteiger partial charge on any atom is -0.508 e. The first-order chi connectivity index (χ1) is 10.1. The van der Waals surface area contributed by atoms with Crippen molar-refractivity contribution in [3.63, 3.8) is 0 Å². The average Bonchev–Trinajstić information content (AvgIpc) is 2.79. The van der Waals surface area contributed by atoms with Crippen LogP contribution in [0.4, 0.5) is 4.39 Å². The number of benzene rings is 2. The SMILES string of the molecule is C=CCn1nc2c(F)cccc2c1-c1ccc(O)cc1O. The van der Waals surface area contributed by atoms with Crippen LogP contribution in [0.1, 0.15) is 0 Å². The maximum atomic E-state index is 13.9. The molecule has 1 heterocycles. The molecule has 4 nitrogen and oxygen atoms in total. The molecule has 0 amide bonds. The smallest absolute Gasteiger partial charge is 0.151 e. The highest BCUT2D eigenvalue weighted by molar-refractivity contribution is 5.95. The van der Waals surface area contributed by atoms with Crippen LogP contribution in [0.5, 0.6) is 11.5 Å². The zero-order chi connectivity index (χ0) is 15.0. The summed E-state index contributed by atoms with van der Waals surface area (Å²) >= 11 is 0. The van der Waals surface area contributed by atoms with Gasteiger partial charge in [0, 0.05) is 17.0 Å². The molecule has 0 fully saturated rings. The van der Waals surface area contributed by atoms with Crippen LogP contribution in [0.2, 0.25) is 0 Å². The summed E-state index contributed by atoms with van der Waals surface area (Å²) in [5.41, 5.74) is 1.30. The molecule has 0 aliphatic heterocycles. The minimum atomic E-state index is -0.421. The molecule has 2 aromatic carbocycles. The van der Waals surface area contributed by atoms with Crippen molar-refractivity contribution in [1.29, 1.82) is 0 Å². The van der Waals surface area contributed by atoms with Crippen LogP contribution in [-0.4, -0.2) is 20.0 Å². The molecule has 0 unspecified atom stereocenters. The van der Waals surface area contributed by atoms with Gasteiger partial charge in [-0.1, -0.05) is 18.2 Å². The Hall–Kier alpha value is -2.82. The Morgan fingerprint density at radius 1 is 1.24 bits per heavy atom. The van der Waals surface area contributed by atoms with E-state index >= 15 is 0 Å². The van der Waals surface area contributed by atoms with Crippen LogP contribution in [-0.2, 0) is 6.54 Å². The number of fused-ring (bicyclic) bond motifs is 1. The van der Waals surface area contributed by atoms with Crippen LogP contribution in [0.3, 0.4) is 0 Å². The fraction of sp³-hybridized carbons (Fsp3) is 0.0625. The Kier molecular flexibility index (Phi) is 3.10. The Balaban J connectivity index is 2.36. The van der Waals surface area contributed by atoms with Gasteiger partial charge >= 0.3 is 0 Å². The molecule has 2 N–H and O–H groups in total. The molecule has 0 atom stereocenters. The molecule has 0 spiro atoms. The highest BCUT2D eigenvalue weighted by Gasteiger charge is 2.17. The molecule has 1 aromatic heterocycles. The lowest BCUT2D eigenvalue weighted by Gasteiger charge is -2.08. The Morgan fingerprint density at radius 2 is 2.05 bits per heavy atom. The quantitative estimate of drug-likeness (QED) is 0.724. The Labute approximate surface area is 120 Å². The second kappa shape index (κ2) is 4.94. The predicted octanol–water partition coefficient (Wildman–Crippen LogP) is 3.44. The number of allylic oxidation sites excluding steroid dienone is 1. The highest BCUT2D eigenvalue weighted by atomic mass is 19.1. The average molecular weight is 284 g/mol. The first kappa shape index (κ1) is 13.2. The highest BCUT2D eigenvalue weighted by Crippen LogP contribution is 2.37. The van der Waals surface area contributed by atoms with Crippen LogP contribution < -0.4 is 0 Å². The number of nitrogens with zero attached hydrogens (tertiary/aromatic N) is 2. The Morgan fingerprint density at radius 3 is 2.76 bits per heavy atom. The normalized spacial score (nSPS) is 10.9. The molecule has 5 heteroatoms. The molecule has 106 valence electrons. The third-order valence-corrected chi connectivity index (χ3v) is 3.26. The third kappa shape index (κ3) is 2.12. The van der Waals surface area contributed by atoms with Gasteiger partial charge in [0.2, 0.25) is 0 Å². The second-order valence-electron chi connectivity index (χ2n) is 4.66. The topological polar surface area (TPSA) is 58.3 Å². The van der Waals surface area contributed by atoms with E-state index in [-0.39, 0.29) is 17.0 Å². The number of aromatic nitrogens is 2. The number of phenolic OH excluding ortho intramolecular Hbond substituents is 2. The van der Waals surface area contributed by atoms with Crippen LogP contribution in [0.25, 0.3) is 22.2 Å². The molecule has 0 saturated heterocycles. The Bertz CT molecular complexity index is 840. The van der Waals surface area contributed by atoms with Gasteiger partial charge in [0.1, 0.15) is 17.0 Å². The molecule has 3 rings (SSSR count). The van der Waals surface area contributed by atoms with Crippen LogP contribution in [0.15, 0.2) is 49.1 Å². The van der Waals surface area contributed by atoms with Gasteiger partial charge in [-0.3, -0.25) is 4.68 Å². The van der Waals surface area contributed by atoms with Gasteiger partial charge in [-0.15, -0.1) is 6.58 Å². The van der Waals surface area contributed by atoms with Gasteiger partial charge in [0.15, 0.2) is 5.82 Å². The summed E-state index contributed by atoms with van der Waals surface area (Å²) in [5, 5.41) is 24.3. The van der Waals surface area contributed by atoms with E-state index in [2.05, 4.69) is 11.7 Å². The van der Waals surface area contributed by atoms with Gasteiger partial charge in [0.25, 0.3) is 0 Å². The summed E-state index contributed by atoms with van der Waals surface area (Å²) in [4.78, 5) is 0. The molecular weight excluding hydrogens is 271 g/mol. The van der Waals surface area contributed by atoms with Gasteiger partial charge in [-0.25, -0.2) is 4.39 Å². The largest absolute Gasteiger partial charge is 0.508 e. The van der Waals surface area contributed by atoms with Crippen LogP contribution >= 0.6 is 0 Å². The van der Waals surface area contributed by atoms with Gasteiger partial charge in [-0.05, 0) is 18.2 Å². The molecule has 21 heavy (non-hydrogen) atoms. The van der Waals surface area contributed by atoms with E-state index in [9.17, 15) is 14.6 Å². The third-order valence-electron chi connectivity index (χ3n) is 3.26. The van der Waals surface area contributed by atoms with E-state index in [1.165, 1.54) is 18.2 Å². The number of halogens is 1. The van der Waals surface area contributed by atoms with Gasteiger partial charge in [0.05, 0.1) is 12.2 Å². The summed E-state index contributed by atoms with van der Waals surface area (Å²) in [6, 6.07) is 8.96. The monoisotopic (exact) mass is 284 g/mol. The second-order valence-corrected chi connectivity index (χ2v) is 4.66. The first-order valence-corrected chi connectivity index (χ1v) is 6.40. The number of phenols is 2. The standard InChI is InChI=1S/C16H13FN2O2/c1-2-8-19-16(11-7-6-10(20)9-14(11)21)12-4-3-5-13(17)15(12)18-19/h2-7,9,20-21H,1,8H2. The minimum absolute atomic E-state index is 0.0403. The first-order valence-electron chi connectivity index (χ1n) is 6.40. The fourth-order valence-corrected chi connectivity index (χ4v) is 2.38. The van der Waals surface area contributed by atoms with E-state index < -0.39 is 5.82 Å². The van der Waals surface area contributed by atoms with Crippen molar-refractivity contribution in [3.05, 3.63) is 54.9 Å². The molecule has 0 aliphatic rings. The lowest BCUT2D eigenvalue weighted by Crippen LogP contribution is -2.00. The van der Waals surface area contributed by atoms with E-state index in [4.69, 9.17) is 0 Å². The summed E-state index contributed by atoms with van der Waals surface area (Å²) in [6.07, 6.45) is 1.64. The zero-order valence-electron chi connectivity index (χ0n) is 11.1. The van der Waals surface area contributed by atoms with E-state index in [0.717, 1.165) is 0 Å². The molecule has 0 radical (unpaired) electrons. The summed E-state index contributed by atoms with van der Waals surface area (Å²) in [6.45, 7) is 4.04. The predicted molar refractivity (Wildman–Crippen MR) is 78.7 cm³/mol. The number of hydrogen-bond donors (Lipinski definition) is 2. The summed E-state index contributed by atoms with van der Waals surface area (Å²) in [7, 11) is 0. The lowest BCUT2D eigenvalue weighted by atomic mass is 10.1. The van der Waals surface area contributed by atoms with Crippen molar-refractivity contribution in [3.8, 4) is 22.8 Å². The van der Waals surface area contributed by atoms with Crippen molar-refractivity contribution >= 4 is 10.9 Å². The summed E-state index contributed by atoms with van der Waals surface area (Å²) < 4.78 is 15.5. The molecule has 0 bridgehead atoms. The number of rotatable bonds is 3. The van der Waals surface area contributed by atoms with Crippen molar-refractivity contribution < 1.29 is 14.6 Å². The number of hydrogen-bond acceptors (Lipinski definition) is 3. The van der Waals surface area contributed by atoms with Crippen LogP contribution in [0, 0.1) is 5.82 Å². The van der Waals surface area contributed by atoms with Gasteiger partial charge < -0.3 is 10.2 Å². The molecular formula is C16H13FN2O2. The molecule has 0 aliphatic carbocycles. The van der Waals surface area contributed by atoms with Crippen molar-refractivity contribution in [1.82, 2.24) is 9.78 Å². The zero-order valence-corrected chi connectivity index (χ0v) is 11.1. The van der Waals surface area contributed by atoms with E-state index in [1.54, 1.807) is 29.0 Å². The van der Waals surface area contributed by atoms with Crippen molar-refractivity contribution in [2.24, 2.45) is 0 Å². The molecule has 0 saturated carbocycles. The summed E-state index contributed by atoms with van der Waals surface area (Å²) in [5.74, 6) is -0.553. The number of aromatic hydroxyl groups is 2. The lowest BCUT2D eigenvalue weighted by molar-refractivity contribution is 0.451. The van der Waals surface area contributed by atoms with Crippen molar-refractivity contribution in [2.45, 2.75) is 6.54 Å². The maximum absolute atomic E-state index is 13.9. The maximum Gasteiger partial charge on any atom is 0.151 e. The van der Waals surface area contributed by atoms with E-state index in [1.807, 2.05) is 0 Å². The molecule has 3 aromatic rings. The van der Waals surface area contributed by atoms with E-state index in [0.29, 0.717) is 23.2 Å². The fourth-order valence-electron chi connectivity index (χ4n) is 2.38. The van der Waals surface area contributed by atoms with Gasteiger partial charge in [-0.2, -0.15) is 5.10 Å².